The van der Waals surface area contributed by atoms with Crippen LogP contribution in [0.2, 0.25) is 33.2 Å². The van der Waals surface area contributed by atoms with Gasteiger partial charge in [-0.25, -0.2) is 0 Å². The molecule has 0 aromatic heterocycles. The Labute approximate surface area is 314 Å². The highest BCUT2D eigenvalue weighted by Crippen LogP contribution is 2.47. The summed E-state index contributed by atoms with van der Waals surface area (Å²) >= 11 is 2.35. The number of halogens is 1. The molecule has 0 aromatic carbocycles. The monoisotopic (exact) mass is 822 g/mol. The van der Waals surface area contributed by atoms with Crippen LogP contribution in [-0.2, 0) is 23.1 Å². The molecular weight excluding hydrogens is 744 g/mol. The number of hydrogen-bond donors (Lipinski definition) is 0. The van der Waals surface area contributed by atoms with Crippen LogP contribution in [0.4, 0.5) is 0 Å². The van der Waals surface area contributed by atoms with Crippen LogP contribution >= 0.6 is 22.6 Å². The minimum Gasteiger partial charge on any atom is -0.412 e. The topological polar surface area (TPSA) is 54.0 Å². The van der Waals surface area contributed by atoms with Crippen LogP contribution in [0.15, 0.2) is 21.8 Å². The van der Waals surface area contributed by atoms with E-state index in [1.54, 1.807) is 7.11 Å². The molecule has 0 aliphatic heterocycles. The SMILES string of the molecule is COCO[C@H]([C@@H](C)[C@H](O[Si](C(C)C)(C(C)C)C(C)C)[C@@H](C)C/C(C)=C\[C@H](C)[C@@H](O[Si](C(C)C)(C(C)C)C(C)C)[C@@H](C)/C=C\I)[C@@H](C)C=O. The van der Waals surface area contributed by atoms with Crippen molar-refractivity contribution in [2.45, 2.75) is 183 Å². The van der Waals surface area contributed by atoms with Crippen molar-refractivity contribution in [3.8, 4) is 0 Å². The number of carbonyl (C=O) groups is 1. The molecule has 0 bridgehead atoms. The summed E-state index contributed by atoms with van der Waals surface area (Å²) in [6.07, 6.45) is 6.46. The molecule has 0 rings (SSSR count). The highest BCUT2D eigenvalue weighted by Gasteiger charge is 2.50. The summed E-state index contributed by atoms with van der Waals surface area (Å²) in [4.78, 5) is 12.1. The number of carbonyl (C=O) groups excluding carboxylic acids is 1. The molecule has 48 heavy (non-hydrogen) atoms. The van der Waals surface area contributed by atoms with Crippen LogP contribution in [0.5, 0.6) is 0 Å². The molecule has 0 spiro atoms. The molecule has 0 aromatic rings. The molecule has 0 radical (unpaired) electrons. The Kier molecular flexibility index (Phi) is 22.3. The van der Waals surface area contributed by atoms with Gasteiger partial charge in [-0.05, 0) is 62.5 Å². The number of methoxy groups -OCH3 is 1. The predicted molar refractivity (Wildman–Crippen MR) is 222 cm³/mol. The molecule has 0 aliphatic rings. The molecule has 0 fully saturated rings. The van der Waals surface area contributed by atoms with Crippen LogP contribution in [-0.4, -0.2) is 55.1 Å². The largest absolute Gasteiger partial charge is 0.412 e. The van der Waals surface area contributed by atoms with E-state index in [9.17, 15) is 4.79 Å². The van der Waals surface area contributed by atoms with Crippen molar-refractivity contribution < 1.29 is 23.1 Å². The fraction of sp³-hybridized carbons (Fsp3) is 0.875. The highest BCUT2D eigenvalue weighted by molar-refractivity contribution is 14.1. The number of rotatable bonds is 24. The molecule has 0 heterocycles. The maximum absolute atomic E-state index is 12.1. The summed E-state index contributed by atoms with van der Waals surface area (Å²) in [5, 5.41) is 0. The van der Waals surface area contributed by atoms with Gasteiger partial charge in [0, 0.05) is 24.9 Å². The van der Waals surface area contributed by atoms with Crippen molar-refractivity contribution in [1.82, 2.24) is 0 Å². The molecule has 284 valence electrons. The molecule has 8 atom stereocenters. The number of ether oxygens (including phenoxy) is 2. The molecule has 0 amide bonds. The standard InChI is InChI=1S/C40H79IO5Si2/c1-26(2)47(27(3)4,28(5)6)45-38(33(14)20-21-41)34(15)22-32(13)23-35(16)40(37(18)39(36(17)24-42)44-25-43-19)46-48(29(7)8,30(9)10)31(11)12/h20-22,24,26-31,33-40H,23,25H2,1-19H3/b21-20-,32-22-/t33-,34-,35-,36-,37+,38-,39-,40+/m0/s1. The molecule has 0 saturated carbocycles. The third kappa shape index (κ3) is 12.4. The van der Waals surface area contributed by atoms with E-state index in [0.29, 0.717) is 39.2 Å². The van der Waals surface area contributed by atoms with Gasteiger partial charge in [0.2, 0.25) is 16.6 Å². The molecule has 0 saturated heterocycles. The first kappa shape index (κ1) is 48.2. The zero-order valence-electron chi connectivity index (χ0n) is 34.7. The Bertz CT molecular complexity index is 920. The first-order chi connectivity index (χ1) is 22.1. The Morgan fingerprint density at radius 2 is 1.04 bits per heavy atom. The molecule has 5 nitrogen and oxygen atoms in total. The average molecular weight is 823 g/mol. The van der Waals surface area contributed by atoms with Crippen LogP contribution < -0.4 is 0 Å². The maximum Gasteiger partial charge on any atom is 0.200 e. The van der Waals surface area contributed by atoms with Crippen molar-refractivity contribution in [2.24, 2.45) is 29.6 Å². The lowest BCUT2D eigenvalue weighted by molar-refractivity contribution is -0.139. The van der Waals surface area contributed by atoms with Crippen LogP contribution in [0.1, 0.15) is 131 Å². The van der Waals surface area contributed by atoms with E-state index < -0.39 is 16.6 Å². The molecule has 8 heteroatoms. The van der Waals surface area contributed by atoms with Crippen molar-refractivity contribution in [3.05, 3.63) is 21.8 Å². The number of hydrogen-bond acceptors (Lipinski definition) is 5. The lowest BCUT2D eigenvalue weighted by Gasteiger charge is -2.48. The number of aldehydes is 1. The van der Waals surface area contributed by atoms with Gasteiger partial charge in [-0.1, -0.05) is 158 Å². The Morgan fingerprint density at radius 1 is 0.625 bits per heavy atom. The summed E-state index contributed by atoms with van der Waals surface area (Å²) in [6.45, 7) is 42.0. The molecular formula is C40H79IO5Si2. The van der Waals surface area contributed by atoms with Crippen LogP contribution in [0.25, 0.3) is 0 Å². The average Bonchev–Trinajstić information content (AvgIpc) is 2.96. The van der Waals surface area contributed by atoms with Gasteiger partial charge in [0.1, 0.15) is 13.1 Å². The van der Waals surface area contributed by atoms with E-state index in [-0.39, 0.29) is 48.8 Å². The second kappa shape index (κ2) is 22.3. The van der Waals surface area contributed by atoms with Gasteiger partial charge >= 0.3 is 0 Å². The summed E-state index contributed by atoms with van der Waals surface area (Å²) < 4.78 is 28.8. The Balaban J connectivity index is 6.94. The summed E-state index contributed by atoms with van der Waals surface area (Å²) in [5.41, 5.74) is 4.32. The van der Waals surface area contributed by atoms with Crippen LogP contribution in [0, 0.1) is 29.6 Å². The molecule has 0 unspecified atom stereocenters. The zero-order valence-corrected chi connectivity index (χ0v) is 38.9. The first-order valence-electron chi connectivity index (χ1n) is 19.0. The Hall–Kier alpha value is 0.154. The second-order valence-electron chi connectivity index (χ2n) is 16.9. The van der Waals surface area contributed by atoms with Crippen LogP contribution in [0.3, 0.4) is 0 Å². The van der Waals surface area contributed by atoms with Gasteiger partial charge in [0.05, 0.1) is 18.3 Å². The quantitative estimate of drug-likeness (QED) is 0.0319. The third-order valence-electron chi connectivity index (χ3n) is 11.4. The normalized spacial score (nSPS) is 19.1. The lowest BCUT2D eigenvalue weighted by atomic mass is 9.82. The Morgan fingerprint density at radius 3 is 1.40 bits per heavy atom. The van der Waals surface area contributed by atoms with Crippen molar-refractivity contribution in [1.29, 1.82) is 0 Å². The van der Waals surface area contributed by atoms with E-state index in [2.05, 4.69) is 157 Å². The summed E-state index contributed by atoms with van der Waals surface area (Å²) in [5.74, 6) is 0.513. The summed E-state index contributed by atoms with van der Waals surface area (Å²) in [7, 11) is -2.70. The predicted octanol–water partition coefficient (Wildman–Crippen LogP) is 12.8. The first-order valence-corrected chi connectivity index (χ1v) is 24.5. The third-order valence-corrected chi connectivity index (χ3v) is 24.0. The van der Waals surface area contributed by atoms with E-state index in [1.807, 2.05) is 6.92 Å². The van der Waals surface area contributed by atoms with Gasteiger partial charge in [-0.15, -0.1) is 0 Å². The van der Waals surface area contributed by atoms with Gasteiger partial charge in [0.25, 0.3) is 0 Å². The van der Waals surface area contributed by atoms with Crippen molar-refractivity contribution in [3.63, 3.8) is 0 Å². The van der Waals surface area contributed by atoms with E-state index in [4.69, 9.17) is 18.3 Å². The van der Waals surface area contributed by atoms with Crippen molar-refractivity contribution >= 4 is 45.5 Å². The second-order valence-corrected chi connectivity index (χ2v) is 28.5. The minimum atomic E-state index is -2.24. The fourth-order valence-corrected chi connectivity index (χ4v) is 21.5. The van der Waals surface area contributed by atoms with Gasteiger partial charge in [0.15, 0.2) is 0 Å². The minimum absolute atomic E-state index is 0.00309. The molecule has 0 N–H and O–H groups in total. The van der Waals surface area contributed by atoms with Gasteiger partial charge in [-0.3, -0.25) is 0 Å². The lowest BCUT2D eigenvalue weighted by Crippen LogP contribution is -2.54. The van der Waals surface area contributed by atoms with E-state index in [0.717, 1.165) is 12.7 Å². The van der Waals surface area contributed by atoms with Gasteiger partial charge < -0.3 is 23.1 Å². The smallest absolute Gasteiger partial charge is 0.200 e. The van der Waals surface area contributed by atoms with Gasteiger partial charge in [-0.2, -0.15) is 0 Å². The maximum atomic E-state index is 12.1. The van der Waals surface area contributed by atoms with E-state index >= 15 is 0 Å². The van der Waals surface area contributed by atoms with E-state index in [1.165, 1.54) is 5.57 Å². The highest BCUT2D eigenvalue weighted by atomic mass is 127. The fourth-order valence-electron chi connectivity index (χ4n) is 9.38. The zero-order chi connectivity index (χ0) is 37.7. The molecule has 0 aliphatic carbocycles. The number of allylic oxidation sites excluding steroid dienone is 1. The van der Waals surface area contributed by atoms with Crippen molar-refractivity contribution in [2.75, 3.05) is 13.9 Å². The summed E-state index contributed by atoms with van der Waals surface area (Å²) in [6, 6.07) is 0.